The minimum Gasteiger partial charge on any atom is -0.313 e. The third kappa shape index (κ3) is 4.63. The van der Waals surface area contributed by atoms with E-state index in [1.807, 2.05) is 19.3 Å². The van der Waals surface area contributed by atoms with Gasteiger partial charge in [-0.25, -0.2) is 8.78 Å². The SMILES string of the molecule is CCCNC(Cc1ccn(C)n1)Cc1ccc(F)cc1F. The van der Waals surface area contributed by atoms with Gasteiger partial charge >= 0.3 is 0 Å². The Labute approximate surface area is 124 Å². The van der Waals surface area contributed by atoms with Crippen LogP contribution >= 0.6 is 0 Å². The quantitative estimate of drug-likeness (QED) is 0.850. The molecule has 0 amide bonds. The summed E-state index contributed by atoms with van der Waals surface area (Å²) < 4.78 is 28.5. The molecule has 3 nitrogen and oxygen atoms in total. The van der Waals surface area contributed by atoms with Gasteiger partial charge in [0.15, 0.2) is 0 Å². The van der Waals surface area contributed by atoms with Crippen LogP contribution in [0.4, 0.5) is 8.78 Å². The highest BCUT2D eigenvalue weighted by atomic mass is 19.1. The van der Waals surface area contributed by atoms with Crippen molar-refractivity contribution in [3.05, 3.63) is 53.4 Å². The van der Waals surface area contributed by atoms with Crippen molar-refractivity contribution in [3.8, 4) is 0 Å². The van der Waals surface area contributed by atoms with E-state index < -0.39 is 11.6 Å². The average molecular weight is 293 g/mol. The van der Waals surface area contributed by atoms with Crippen molar-refractivity contribution in [2.45, 2.75) is 32.2 Å². The van der Waals surface area contributed by atoms with E-state index in [-0.39, 0.29) is 6.04 Å². The molecule has 0 radical (unpaired) electrons. The molecule has 2 aromatic rings. The van der Waals surface area contributed by atoms with E-state index in [1.165, 1.54) is 12.1 Å². The Morgan fingerprint density at radius 2 is 2.05 bits per heavy atom. The summed E-state index contributed by atoms with van der Waals surface area (Å²) in [6.45, 7) is 2.95. The Morgan fingerprint density at radius 1 is 1.24 bits per heavy atom. The van der Waals surface area contributed by atoms with Crippen LogP contribution in [-0.2, 0) is 19.9 Å². The van der Waals surface area contributed by atoms with Crippen molar-refractivity contribution in [1.29, 1.82) is 0 Å². The molecule has 0 saturated heterocycles. The van der Waals surface area contributed by atoms with Gasteiger partial charge in [-0.1, -0.05) is 13.0 Å². The fourth-order valence-electron chi connectivity index (χ4n) is 2.34. The Bertz CT molecular complexity index is 581. The summed E-state index contributed by atoms with van der Waals surface area (Å²) >= 11 is 0. The van der Waals surface area contributed by atoms with Crippen molar-refractivity contribution in [1.82, 2.24) is 15.1 Å². The van der Waals surface area contributed by atoms with Crippen LogP contribution in [0.15, 0.2) is 30.5 Å². The molecule has 1 N–H and O–H groups in total. The summed E-state index contributed by atoms with van der Waals surface area (Å²) in [6, 6.07) is 5.80. The molecule has 1 atom stereocenters. The maximum atomic E-state index is 13.8. The number of aromatic nitrogens is 2. The topological polar surface area (TPSA) is 29.9 Å². The first-order valence-electron chi connectivity index (χ1n) is 7.24. The number of halogens is 2. The minimum atomic E-state index is -0.543. The second-order valence-electron chi connectivity index (χ2n) is 5.28. The van der Waals surface area contributed by atoms with Crippen molar-refractivity contribution < 1.29 is 8.78 Å². The standard InChI is InChI=1S/C16H21F2N3/c1-3-7-19-15(11-14-6-8-21(2)20-14)9-12-4-5-13(17)10-16(12)18/h4-6,8,10,15,19H,3,7,9,11H2,1-2H3. The third-order valence-corrected chi connectivity index (χ3v) is 3.39. The minimum absolute atomic E-state index is 0.0832. The fraction of sp³-hybridized carbons (Fsp3) is 0.438. The van der Waals surface area contributed by atoms with Crippen molar-refractivity contribution >= 4 is 0 Å². The van der Waals surface area contributed by atoms with Crippen molar-refractivity contribution in [2.75, 3.05) is 6.54 Å². The Hall–Kier alpha value is -1.75. The molecule has 1 unspecified atom stereocenters. The molecule has 5 heteroatoms. The second-order valence-corrected chi connectivity index (χ2v) is 5.28. The van der Waals surface area contributed by atoms with Crippen LogP contribution in [0, 0.1) is 11.6 Å². The van der Waals surface area contributed by atoms with E-state index in [9.17, 15) is 8.78 Å². The maximum absolute atomic E-state index is 13.8. The predicted octanol–water partition coefficient (Wildman–Crippen LogP) is 2.85. The smallest absolute Gasteiger partial charge is 0.129 e. The highest BCUT2D eigenvalue weighted by Crippen LogP contribution is 2.13. The van der Waals surface area contributed by atoms with Crippen molar-refractivity contribution in [2.24, 2.45) is 7.05 Å². The van der Waals surface area contributed by atoms with Gasteiger partial charge in [0.05, 0.1) is 5.69 Å². The van der Waals surface area contributed by atoms with Crippen LogP contribution in [0.25, 0.3) is 0 Å². The summed E-state index contributed by atoms with van der Waals surface area (Å²) in [5, 5.41) is 7.77. The number of benzene rings is 1. The Balaban J connectivity index is 2.08. The van der Waals surface area contributed by atoms with Crippen LogP contribution in [0.5, 0.6) is 0 Å². The van der Waals surface area contributed by atoms with Gasteiger partial charge in [-0.15, -0.1) is 0 Å². The highest BCUT2D eigenvalue weighted by Gasteiger charge is 2.14. The zero-order chi connectivity index (χ0) is 15.2. The maximum Gasteiger partial charge on any atom is 0.129 e. The second kappa shape index (κ2) is 7.31. The summed E-state index contributed by atoms with van der Waals surface area (Å²) in [6.07, 6.45) is 4.13. The van der Waals surface area contributed by atoms with Gasteiger partial charge in [-0.2, -0.15) is 5.10 Å². The molecule has 0 bridgehead atoms. The number of aryl methyl sites for hydroxylation is 1. The highest BCUT2D eigenvalue weighted by molar-refractivity contribution is 5.20. The van der Waals surface area contributed by atoms with Gasteiger partial charge in [0.25, 0.3) is 0 Å². The van der Waals surface area contributed by atoms with Gasteiger partial charge in [0.2, 0.25) is 0 Å². The summed E-state index contributed by atoms with van der Waals surface area (Å²) in [5.41, 5.74) is 1.49. The molecule has 0 fully saturated rings. The van der Waals surface area contributed by atoms with E-state index >= 15 is 0 Å². The summed E-state index contributed by atoms with van der Waals surface area (Å²) in [4.78, 5) is 0. The van der Waals surface area contributed by atoms with Gasteiger partial charge in [0, 0.05) is 31.8 Å². The average Bonchev–Trinajstić information content (AvgIpc) is 2.84. The molecular formula is C16H21F2N3. The summed E-state index contributed by atoms with van der Waals surface area (Å²) in [5.74, 6) is -1.03. The number of nitrogens with zero attached hydrogens (tertiary/aromatic N) is 2. The molecule has 114 valence electrons. The molecule has 21 heavy (non-hydrogen) atoms. The van der Waals surface area contributed by atoms with E-state index in [1.54, 1.807) is 4.68 Å². The number of hydrogen-bond acceptors (Lipinski definition) is 2. The fourth-order valence-corrected chi connectivity index (χ4v) is 2.34. The monoisotopic (exact) mass is 293 g/mol. The molecule has 2 rings (SSSR count). The Morgan fingerprint density at radius 3 is 2.67 bits per heavy atom. The lowest BCUT2D eigenvalue weighted by Crippen LogP contribution is -2.34. The predicted molar refractivity (Wildman–Crippen MR) is 79.1 cm³/mol. The van der Waals surface area contributed by atoms with E-state index in [0.29, 0.717) is 12.0 Å². The first-order chi connectivity index (χ1) is 10.1. The molecule has 0 saturated carbocycles. The van der Waals surface area contributed by atoms with Crippen LogP contribution in [-0.4, -0.2) is 22.4 Å². The van der Waals surface area contributed by atoms with Gasteiger partial charge < -0.3 is 5.32 Å². The number of hydrogen-bond donors (Lipinski definition) is 1. The lowest BCUT2D eigenvalue weighted by Gasteiger charge is -2.18. The third-order valence-electron chi connectivity index (χ3n) is 3.39. The van der Waals surface area contributed by atoms with E-state index in [2.05, 4.69) is 17.3 Å². The van der Waals surface area contributed by atoms with E-state index in [4.69, 9.17) is 0 Å². The van der Waals surface area contributed by atoms with Crippen LogP contribution < -0.4 is 5.32 Å². The molecular weight excluding hydrogens is 272 g/mol. The van der Waals surface area contributed by atoms with Gasteiger partial charge in [-0.3, -0.25) is 4.68 Å². The molecule has 1 aromatic heterocycles. The van der Waals surface area contributed by atoms with Crippen LogP contribution in [0.2, 0.25) is 0 Å². The van der Waals surface area contributed by atoms with Gasteiger partial charge in [0.1, 0.15) is 11.6 Å². The summed E-state index contributed by atoms with van der Waals surface area (Å²) in [7, 11) is 1.87. The molecule has 0 spiro atoms. The molecule has 0 aliphatic carbocycles. The molecule has 0 aliphatic rings. The first kappa shape index (κ1) is 15.6. The van der Waals surface area contributed by atoms with E-state index in [0.717, 1.165) is 31.1 Å². The zero-order valence-corrected chi connectivity index (χ0v) is 12.4. The molecule has 0 aliphatic heterocycles. The largest absolute Gasteiger partial charge is 0.313 e. The number of nitrogens with one attached hydrogen (secondary N) is 1. The lowest BCUT2D eigenvalue weighted by atomic mass is 10.0. The normalized spacial score (nSPS) is 12.6. The zero-order valence-electron chi connectivity index (χ0n) is 12.4. The first-order valence-corrected chi connectivity index (χ1v) is 7.24. The lowest BCUT2D eigenvalue weighted by molar-refractivity contribution is 0.484. The van der Waals surface area contributed by atoms with Gasteiger partial charge in [-0.05, 0) is 37.1 Å². The molecule has 1 heterocycles. The Kier molecular flexibility index (Phi) is 5.44. The van der Waals surface area contributed by atoms with Crippen molar-refractivity contribution in [3.63, 3.8) is 0 Å². The number of rotatable bonds is 7. The van der Waals surface area contributed by atoms with Crippen LogP contribution in [0.1, 0.15) is 24.6 Å². The molecule has 1 aromatic carbocycles. The van der Waals surface area contributed by atoms with Crippen LogP contribution in [0.3, 0.4) is 0 Å².